The summed E-state index contributed by atoms with van der Waals surface area (Å²) in [5.41, 5.74) is 0.0461. The van der Waals surface area contributed by atoms with Crippen LogP contribution in [0.4, 0.5) is 4.79 Å². The Labute approximate surface area is 256 Å². The molecule has 1 aliphatic carbocycles. The predicted octanol–water partition coefficient (Wildman–Crippen LogP) is 4.91. The maximum absolute atomic E-state index is 13.7. The van der Waals surface area contributed by atoms with Crippen molar-refractivity contribution in [1.29, 1.82) is 0 Å². The third-order valence-corrected chi connectivity index (χ3v) is 9.49. The van der Waals surface area contributed by atoms with Gasteiger partial charge in [0.25, 0.3) is 0 Å². The Morgan fingerprint density at radius 3 is 2.05 bits per heavy atom. The van der Waals surface area contributed by atoms with Gasteiger partial charge in [0.05, 0.1) is 6.04 Å². The fraction of sp³-hybridized carbons (Fsp3) is 0.710. The number of aliphatic hydroxyl groups excluding tert-OH is 1. The van der Waals surface area contributed by atoms with Crippen LogP contribution < -0.4 is 16.0 Å². The number of nitrogens with one attached hydrogen (secondary N) is 3. The Kier molecular flexibility index (Phi) is 14.6. The van der Waals surface area contributed by atoms with Gasteiger partial charge in [-0.15, -0.1) is 0 Å². The summed E-state index contributed by atoms with van der Waals surface area (Å²) in [6.07, 6.45) is 5.22. The molecule has 0 bridgehead atoms. The van der Waals surface area contributed by atoms with E-state index >= 15 is 0 Å². The molecule has 0 heterocycles. The Hall–Kier alpha value is -2.46. The molecule has 1 saturated carbocycles. The van der Waals surface area contributed by atoms with Gasteiger partial charge >= 0.3 is 13.7 Å². The number of ether oxygens (including phenoxy) is 1. The van der Waals surface area contributed by atoms with Crippen LogP contribution in [0.15, 0.2) is 30.3 Å². The number of carbonyl (C=O) groups excluding carboxylic acids is 3. The van der Waals surface area contributed by atoms with E-state index in [1.165, 1.54) is 14.2 Å². The minimum Gasteiger partial charge on any atom is -0.444 e. The van der Waals surface area contributed by atoms with Crippen LogP contribution in [0, 0.1) is 11.8 Å². The van der Waals surface area contributed by atoms with Gasteiger partial charge in [-0.3, -0.25) is 14.2 Å². The lowest BCUT2D eigenvalue weighted by atomic mass is 9.85. The zero-order valence-electron chi connectivity index (χ0n) is 26.8. The van der Waals surface area contributed by atoms with Crippen LogP contribution in [-0.4, -0.2) is 66.8 Å². The number of carbonyl (C=O) groups is 3. The summed E-state index contributed by atoms with van der Waals surface area (Å²) >= 11 is 0. The molecule has 11 nitrogen and oxygen atoms in total. The molecular weight excluding hydrogens is 573 g/mol. The number of rotatable bonds is 15. The first kappa shape index (κ1) is 36.7. The highest BCUT2D eigenvalue weighted by Crippen LogP contribution is 2.52. The lowest BCUT2D eigenvalue weighted by molar-refractivity contribution is -0.131. The van der Waals surface area contributed by atoms with E-state index in [1.54, 1.807) is 20.8 Å². The standard InChI is InChI=1S/C31H52N3O8P/c1-21(2)18-24(27(35)33-26(20-23-16-12-9-13-17-23)29(37)43(39,40-6)41-7)32-28(36)25(19-22-14-10-8-11-15-22)34-30(38)42-31(3,4)5/h8,10-11,14-15,21,23-26,29,37H,9,12-13,16-20H2,1-7H3,(H,32,36)(H,33,35)(H,34,38)/t24-,25-,26-,29-/m0/s1. The van der Waals surface area contributed by atoms with E-state index in [0.717, 1.165) is 37.7 Å². The highest BCUT2D eigenvalue weighted by Gasteiger charge is 2.41. The summed E-state index contributed by atoms with van der Waals surface area (Å²) in [7, 11) is -1.55. The zero-order chi connectivity index (χ0) is 32.2. The molecule has 0 saturated heterocycles. The Bertz CT molecular complexity index is 1060. The molecule has 1 aromatic rings. The Morgan fingerprint density at radius 1 is 0.930 bits per heavy atom. The molecule has 2 rings (SSSR count). The number of benzene rings is 1. The first-order chi connectivity index (χ1) is 20.2. The van der Waals surface area contributed by atoms with Crippen LogP contribution in [0.2, 0.25) is 0 Å². The van der Waals surface area contributed by atoms with E-state index in [2.05, 4.69) is 16.0 Å². The fourth-order valence-electron chi connectivity index (χ4n) is 5.32. The van der Waals surface area contributed by atoms with Gasteiger partial charge in [-0.25, -0.2) is 4.79 Å². The molecule has 0 aromatic heterocycles. The van der Waals surface area contributed by atoms with Gasteiger partial charge < -0.3 is 34.8 Å². The maximum Gasteiger partial charge on any atom is 0.408 e. The molecule has 1 fully saturated rings. The van der Waals surface area contributed by atoms with Crippen LogP contribution in [0.25, 0.3) is 0 Å². The highest BCUT2D eigenvalue weighted by atomic mass is 31.2. The highest BCUT2D eigenvalue weighted by molar-refractivity contribution is 7.54. The average Bonchev–Trinajstić information content (AvgIpc) is 2.95. The molecule has 1 aliphatic rings. The quantitative estimate of drug-likeness (QED) is 0.201. The monoisotopic (exact) mass is 625 g/mol. The van der Waals surface area contributed by atoms with Gasteiger partial charge in [0.2, 0.25) is 11.8 Å². The minimum atomic E-state index is -3.93. The minimum absolute atomic E-state index is 0.0215. The average molecular weight is 626 g/mol. The molecule has 244 valence electrons. The van der Waals surface area contributed by atoms with E-state index < -0.39 is 55.1 Å². The third kappa shape index (κ3) is 12.6. The SMILES string of the molecule is COP(=O)(OC)[C@H](O)[C@H](CC1CCCCC1)NC(=O)[C@H](CC(C)C)NC(=O)[C@H](Cc1ccccc1)NC(=O)OC(C)(C)C. The molecule has 0 radical (unpaired) electrons. The van der Waals surface area contributed by atoms with Crippen molar-refractivity contribution in [3.8, 4) is 0 Å². The topological polar surface area (TPSA) is 152 Å². The number of hydrogen-bond donors (Lipinski definition) is 4. The van der Waals surface area contributed by atoms with Gasteiger partial charge in [-0.05, 0) is 51.0 Å². The van der Waals surface area contributed by atoms with Crippen molar-refractivity contribution >= 4 is 25.5 Å². The van der Waals surface area contributed by atoms with Gasteiger partial charge in [-0.2, -0.15) is 0 Å². The molecule has 4 N–H and O–H groups in total. The van der Waals surface area contributed by atoms with E-state index in [-0.39, 0.29) is 18.3 Å². The van der Waals surface area contributed by atoms with Crippen molar-refractivity contribution in [2.75, 3.05) is 14.2 Å². The molecule has 4 atom stereocenters. The van der Waals surface area contributed by atoms with Crippen molar-refractivity contribution in [1.82, 2.24) is 16.0 Å². The zero-order valence-corrected chi connectivity index (χ0v) is 27.7. The second kappa shape index (κ2) is 17.1. The largest absolute Gasteiger partial charge is 0.444 e. The molecule has 0 aliphatic heterocycles. The van der Waals surface area contributed by atoms with Gasteiger partial charge in [0.15, 0.2) is 5.85 Å². The van der Waals surface area contributed by atoms with E-state index in [4.69, 9.17) is 13.8 Å². The summed E-state index contributed by atoms with van der Waals surface area (Å²) in [5.74, 6) is -2.44. The number of hydrogen-bond acceptors (Lipinski definition) is 8. The van der Waals surface area contributed by atoms with Crippen LogP contribution >= 0.6 is 7.60 Å². The fourth-order valence-corrected chi connectivity index (χ4v) is 6.53. The van der Waals surface area contributed by atoms with E-state index in [0.29, 0.717) is 12.8 Å². The Morgan fingerprint density at radius 2 is 1.51 bits per heavy atom. The molecule has 0 unspecified atom stereocenters. The first-order valence-corrected chi connectivity index (χ1v) is 16.8. The number of aliphatic hydroxyl groups is 1. The number of amides is 3. The van der Waals surface area contributed by atoms with Crippen LogP contribution in [-0.2, 0) is 34.4 Å². The lowest BCUT2D eigenvalue weighted by Crippen LogP contribution is -2.57. The normalized spacial score (nSPS) is 17.4. The van der Waals surface area contributed by atoms with Crippen molar-refractivity contribution in [2.45, 2.75) is 116 Å². The second-order valence-corrected chi connectivity index (χ2v) is 15.1. The molecule has 1 aromatic carbocycles. The van der Waals surface area contributed by atoms with Gasteiger partial charge in [0.1, 0.15) is 17.7 Å². The van der Waals surface area contributed by atoms with E-state index in [1.807, 2.05) is 44.2 Å². The molecule has 43 heavy (non-hydrogen) atoms. The van der Waals surface area contributed by atoms with Crippen LogP contribution in [0.5, 0.6) is 0 Å². The van der Waals surface area contributed by atoms with Crippen molar-refractivity contribution in [3.63, 3.8) is 0 Å². The predicted molar refractivity (Wildman–Crippen MR) is 165 cm³/mol. The maximum atomic E-state index is 13.7. The molecular formula is C31H52N3O8P. The van der Waals surface area contributed by atoms with Gasteiger partial charge in [0, 0.05) is 20.6 Å². The van der Waals surface area contributed by atoms with Crippen molar-refractivity contribution in [2.24, 2.45) is 11.8 Å². The Balaban J connectivity index is 2.29. The summed E-state index contributed by atoms with van der Waals surface area (Å²) in [4.78, 5) is 40.0. The van der Waals surface area contributed by atoms with E-state index in [9.17, 15) is 24.1 Å². The van der Waals surface area contributed by atoms with Crippen LogP contribution in [0.3, 0.4) is 0 Å². The molecule has 0 spiro atoms. The van der Waals surface area contributed by atoms with Gasteiger partial charge in [-0.1, -0.05) is 76.3 Å². The molecule has 3 amide bonds. The summed E-state index contributed by atoms with van der Waals surface area (Å²) < 4.78 is 28.6. The lowest BCUT2D eigenvalue weighted by Gasteiger charge is -2.33. The summed E-state index contributed by atoms with van der Waals surface area (Å²) in [5, 5.41) is 19.5. The smallest absolute Gasteiger partial charge is 0.408 e. The third-order valence-electron chi connectivity index (χ3n) is 7.46. The molecule has 12 heteroatoms. The van der Waals surface area contributed by atoms with Crippen molar-refractivity contribution < 1.29 is 37.8 Å². The summed E-state index contributed by atoms with van der Waals surface area (Å²) in [6, 6.07) is 6.28. The second-order valence-electron chi connectivity index (χ2n) is 12.8. The summed E-state index contributed by atoms with van der Waals surface area (Å²) in [6.45, 7) is 9.03. The number of alkyl carbamates (subject to hydrolysis) is 1. The first-order valence-electron chi connectivity index (χ1n) is 15.2. The van der Waals surface area contributed by atoms with Crippen molar-refractivity contribution in [3.05, 3.63) is 35.9 Å². The van der Waals surface area contributed by atoms with Crippen LogP contribution in [0.1, 0.15) is 85.1 Å².